The van der Waals surface area contributed by atoms with Gasteiger partial charge in [-0.1, -0.05) is 60.7 Å². The maximum absolute atomic E-state index is 13.3. The van der Waals surface area contributed by atoms with Gasteiger partial charge in [-0.25, -0.2) is 24.4 Å². The van der Waals surface area contributed by atoms with Crippen LogP contribution in [0.1, 0.15) is 66.7 Å². The van der Waals surface area contributed by atoms with E-state index in [9.17, 15) is 32.7 Å². The van der Waals surface area contributed by atoms with E-state index in [4.69, 9.17) is 19.4 Å². The number of halogens is 3. The third-order valence-corrected chi connectivity index (χ3v) is 11.7. The highest BCUT2D eigenvalue weighted by molar-refractivity contribution is 5.90. The SMILES string of the molecule is CCOC(=O)c1ccnc(N2CCC(NC(=O)N[C@@H]3CCN(c4nc(NCC(c5ccccc5)c5ccccc5)c5ncn([C@@H]6O[C@H](C)[C@@H](OC(=O)C(F)(F)F)[C@H]6O)c5n4)C3)CC2)c1. The predicted molar refractivity (Wildman–Crippen MR) is 228 cm³/mol. The van der Waals surface area contributed by atoms with E-state index in [1.165, 1.54) is 17.8 Å². The van der Waals surface area contributed by atoms with E-state index in [1.807, 2.05) is 65.6 Å². The number of aliphatic hydroxyl groups excluding tert-OH is 1. The molecule has 2 amide bonds. The highest BCUT2D eigenvalue weighted by Crippen LogP contribution is 2.36. The zero-order chi connectivity index (χ0) is 45.0. The summed E-state index contributed by atoms with van der Waals surface area (Å²) in [6.45, 7) is 5.93. The Labute approximate surface area is 366 Å². The van der Waals surface area contributed by atoms with Crippen molar-refractivity contribution in [2.24, 2.45) is 0 Å². The summed E-state index contributed by atoms with van der Waals surface area (Å²) in [5.41, 5.74) is 3.07. The number of fused-ring (bicyclic) bond motifs is 1. The molecule has 0 spiro atoms. The van der Waals surface area contributed by atoms with Crippen molar-refractivity contribution in [3.05, 3.63) is 102 Å². The van der Waals surface area contributed by atoms with Crippen LogP contribution in [0.15, 0.2) is 85.3 Å². The minimum absolute atomic E-state index is 0.0790. The molecule has 3 aliphatic heterocycles. The van der Waals surface area contributed by atoms with Crippen molar-refractivity contribution < 1.29 is 46.9 Å². The quantitative estimate of drug-likeness (QED) is 0.116. The zero-order valence-electron chi connectivity index (χ0n) is 35.1. The third kappa shape index (κ3) is 9.81. The van der Waals surface area contributed by atoms with Gasteiger partial charge < -0.3 is 45.1 Å². The number of rotatable bonds is 13. The van der Waals surface area contributed by atoms with Crippen molar-refractivity contribution in [1.82, 2.24) is 35.1 Å². The number of piperidine rings is 1. The van der Waals surface area contributed by atoms with Crippen LogP contribution in [0.25, 0.3) is 11.2 Å². The summed E-state index contributed by atoms with van der Waals surface area (Å²) in [5, 5.41) is 20.9. The van der Waals surface area contributed by atoms with Gasteiger partial charge in [0.2, 0.25) is 5.95 Å². The van der Waals surface area contributed by atoms with Gasteiger partial charge in [0.1, 0.15) is 11.9 Å². The molecule has 4 N–H and O–H groups in total. The number of carbonyl (C=O) groups is 3. The van der Waals surface area contributed by atoms with Crippen molar-refractivity contribution in [2.75, 3.05) is 54.4 Å². The highest BCUT2D eigenvalue weighted by Gasteiger charge is 2.50. The number of aliphatic hydroxyl groups is 1. The molecule has 0 radical (unpaired) electrons. The van der Waals surface area contributed by atoms with Crippen molar-refractivity contribution in [1.29, 1.82) is 0 Å². The van der Waals surface area contributed by atoms with Crippen LogP contribution < -0.4 is 25.8 Å². The fourth-order valence-corrected chi connectivity index (χ4v) is 8.42. The molecule has 3 saturated heterocycles. The number of nitrogens with one attached hydrogen (secondary N) is 3. The number of urea groups is 1. The van der Waals surface area contributed by atoms with E-state index in [2.05, 4.69) is 35.6 Å². The van der Waals surface area contributed by atoms with Crippen LogP contribution in [0, 0.1) is 0 Å². The average Bonchev–Trinajstić information content (AvgIpc) is 4.01. The van der Waals surface area contributed by atoms with E-state index >= 15 is 0 Å². The van der Waals surface area contributed by atoms with Gasteiger partial charge >= 0.3 is 24.1 Å². The fourth-order valence-electron chi connectivity index (χ4n) is 8.42. The second-order valence-electron chi connectivity index (χ2n) is 16.0. The molecule has 3 aromatic heterocycles. The van der Waals surface area contributed by atoms with Crippen LogP contribution in [0.5, 0.6) is 0 Å². The molecule has 2 aromatic carbocycles. The Morgan fingerprint density at radius 2 is 1.56 bits per heavy atom. The molecule has 17 nitrogen and oxygen atoms in total. The maximum atomic E-state index is 13.3. The number of pyridine rings is 1. The Bertz CT molecular complexity index is 2380. The molecular formula is C44H49F3N10O7. The molecule has 0 aliphatic carbocycles. The lowest BCUT2D eigenvalue weighted by Gasteiger charge is -2.33. The number of imidazole rings is 1. The van der Waals surface area contributed by atoms with Gasteiger partial charge in [0.15, 0.2) is 29.3 Å². The summed E-state index contributed by atoms with van der Waals surface area (Å²) in [6, 6.07) is 22.6. The summed E-state index contributed by atoms with van der Waals surface area (Å²) in [7, 11) is 0. The first-order chi connectivity index (χ1) is 30.9. The summed E-state index contributed by atoms with van der Waals surface area (Å²) >= 11 is 0. The van der Waals surface area contributed by atoms with Gasteiger partial charge in [0, 0.05) is 56.9 Å². The second kappa shape index (κ2) is 19.1. The molecule has 338 valence electrons. The van der Waals surface area contributed by atoms with Crippen molar-refractivity contribution in [3.63, 3.8) is 0 Å². The van der Waals surface area contributed by atoms with E-state index < -0.39 is 42.7 Å². The monoisotopic (exact) mass is 886 g/mol. The van der Waals surface area contributed by atoms with Gasteiger partial charge in [-0.05, 0) is 56.4 Å². The summed E-state index contributed by atoms with van der Waals surface area (Å²) < 4.78 is 56.6. The van der Waals surface area contributed by atoms with Crippen molar-refractivity contribution in [3.8, 4) is 0 Å². The molecule has 3 aliphatic rings. The molecule has 0 bridgehead atoms. The number of hydrogen-bond acceptors (Lipinski definition) is 14. The van der Waals surface area contributed by atoms with E-state index in [-0.39, 0.29) is 42.2 Å². The number of ether oxygens (including phenoxy) is 3. The lowest BCUT2D eigenvalue weighted by Crippen LogP contribution is -2.50. The highest BCUT2D eigenvalue weighted by atomic mass is 19.4. The Morgan fingerprint density at radius 3 is 2.23 bits per heavy atom. The molecule has 5 atom stereocenters. The van der Waals surface area contributed by atoms with Crippen LogP contribution in [0.2, 0.25) is 0 Å². The van der Waals surface area contributed by atoms with E-state index in [1.54, 1.807) is 25.3 Å². The van der Waals surface area contributed by atoms with Gasteiger partial charge in [-0.15, -0.1) is 0 Å². The topological polar surface area (TPSA) is 198 Å². The number of carbonyl (C=O) groups excluding carboxylic acids is 3. The summed E-state index contributed by atoms with van der Waals surface area (Å²) in [5.74, 6) is -1.63. The normalized spacial score (nSPS) is 21.6. The van der Waals surface area contributed by atoms with Gasteiger partial charge in [0.25, 0.3) is 0 Å². The van der Waals surface area contributed by atoms with Crippen LogP contribution >= 0.6 is 0 Å². The van der Waals surface area contributed by atoms with Crippen molar-refractivity contribution >= 4 is 46.7 Å². The number of benzene rings is 2. The molecule has 5 aromatic rings. The first-order valence-corrected chi connectivity index (χ1v) is 21.3. The number of anilines is 3. The van der Waals surface area contributed by atoms with Crippen LogP contribution in [0.3, 0.4) is 0 Å². The third-order valence-electron chi connectivity index (χ3n) is 11.7. The van der Waals surface area contributed by atoms with Gasteiger partial charge in [0.05, 0.1) is 24.6 Å². The smallest absolute Gasteiger partial charge is 0.462 e. The van der Waals surface area contributed by atoms with Gasteiger partial charge in [-0.2, -0.15) is 23.1 Å². The largest absolute Gasteiger partial charge is 0.490 e. The second-order valence-corrected chi connectivity index (χ2v) is 16.0. The number of aromatic nitrogens is 5. The minimum atomic E-state index is -5.26. The Morgan fingerprint density at radius 1 is 0.906 bits per heavy atom. The summed E-state index contributed by atoms with van der Waals surface area (Å²) in [4.78, 5) is 60.1. The molecule has 8 rings (SSSR count). The first-order valence-electron chi connectivity index (χ1n) is 21.3. The lowest BCUT2D eigenvalue weighted by molar-refractivity contribution is -0.209. The Hall–Kier alpha value is -6.54. The Kier molecular flexibility index (Phi) is 13.1. The zero-order valence-corrected chi connectivity index (χ0v) is 35.1. The number of esters is 2. The molecule has 3 fully saturated rings. The molecular weight excluding hydrogens is 838 g/mol. The van der Waals surface area contributed by atoms with E-state index in [0.29, 0.717) is 74.7 Å². The molecule has 64 heavy (non-hydrogen) atoms. The standard InChI is InChI=1S/C44H49F3N10O7/c1-3-62-40(59)29-14-18-48-33(22-29)55-19-15-30(16-20-55)51-43(61)52-31-17-21-56(24-31)42-53-37(49-23-32(27-10-6-4-7-11-27)28-12-8-5-9-13-28)34-38(54-42)57(25-50-34)39-35(58)36(26(2)63-39)64-41(60)44(45,46)47/h4-14,18,22,25-26,30-32,35-36,39,58H,3,15-17,19-21,23-24H2,1-2H3,(H,49,53,54)(H2,51,52,61)/t26-,31-,35-,36-,39-/m1/s1. The molecule has 20 heteroatoms. The fraction of sp³-hybridized carbons (Fsp3) is 0.432. The van der Waals surface area contributed by atoms with Crippen LogP contribution in [-0.2, 0) is 19.0 Å². The summed E-state index contributed by atoms with van der Waals surface area (Å²) in [6.07, 6.45) is -6.12. The molecule has 0 saturated carbocycles. The van der Waals surface area contributed by atoms with Crippen LogP contribution in [-0.4, -0.2) is 123 Å². The number of alkyl halides is 3. The maximum Gasteiger partial charge on any atom is 0.490 e. The van der Waals surface area contributed by atoms with Gasteiger partial charge in [-0.3, -0.25) is 4.57 Å². The molecule has 6 heterocycles. The number of hydrogen-bond donors (Lipinski definition) is 4. The molecule has 0 unspecified atom stereocenters. The number of amides is 2. The van der Waals surface area contributed by atoms with E-state index in [0.717, 1.165) is 11.1 Å². The Balaban J connectivity index is 0.980. The van der Waals surface area contributed by atoms with Crippen molar-refractivity contribution in [2.45, 2.75) is 81.8 Å². The minimum Gasteiger partial charge on any atom is -0.462 e. The first kappa shape index (κ1) is 44.1. The lowest BCUT2D eigenvalue weighted by atomic mass is 9.91. The number of nitrogens with zero attached hydrogens (tertiary/aromatic N) is 7. The predicted octanol–water partition coefficient (Wildman–Crippen LogP) is 4.94. The van der Waals surface area contributed by atoms with Crippen LogP contribution in [0.4, 0.5) is 35.5 Å². The average molecular weight is 887 g/mol.